The van der Waals surface area contributed by atoms with E-state index in [0.29, 0.717) is 37.8 Å². The number of carbonyl (C=O) groups is 1. The molecule has 0 spiro atoms. The summed E-state index contributed by atoms with van der Waals surface area (Å²) in [4.78, 5) is 25.2. The second kappa shape index (κ2) is 7.53. The molecule has 3 heterocycles. The van der Waals surface area contributed by atoms with Crippen molar-refractivity contribution < 1.29 is 4.79 Å². The van der Waals surface area contributed by atoms with E-state index in [1.165, 1.54) is 5.56 Å². The maximum absolute atomic E-state index is 12.7. The van der Waals surface area contributed by atoms with Gasteiger partial charge in [-0.25, -0.2) is 14.6 Å². The van der Waals surface area contributed by atoms with Crippen molar-refractivity contribution in [2.75, 3.05) is 31.1 Å². The minimum absolute atomic E-state index is 0.0972. The highest BCUT2D eigenvalue weighted by Crippen LogP contribution is 2.13. The zero-order valence-electron chi connectivity index (χ0n) is 15.2. The first kappa shape index (κ1) is 17.1. The van der Waals surface area contributed by atoms with Gasteiger partial charge in [-0.2, -0.15) is 0 Å². The zero-order valence-corrected chi connectivity index (χ0v) is 15.2. The van der Waals surface area contributed by atoms with Gasteiger partial charge < -0.3 is 9.80 Å². The fourth-order valence-corrected chi connectivity index (χ4v) is 3.10. The van der Waals surface area contributed by atoms with Crippen molar-refractivity contribution in [3.05, 3.63) is 60.2 Å². The molecule has 1 amide bonds. The number of aromatic nitrogens is 5. The summed E-state index contributed by atoms with van der Waals surface area (Å²) in [6, 6.07) is 9.88. The van der Waals surface area contributed by atoms with Gasteiger partial charge in [-0.1, -0.05) is 24.3 Å². The van der Waals surface area contributed by atoms with E-state index in [-0.39, 0.29) is 5.91 Å². The van der Waals surface area contributed by atoms with Crippen LogP contribution in [0.1, 0.15) is 23.0 Å². The van der Waals surface area contributed by atoms with E-state index in [0.717, 1.165) is 12.1 Å². The number of carbonyl (C=O) groups excluding carboxylic acids is 1. The van der Waals surface area contributed by atoms with Crippen molar-refractivity contribution in [3.8, 4) is 5.69 Å². The lowest BCUT2D eigenvalue weighted by Crippen LogP contribution is -2.49. The Labute approximate surface area is 157 Å². The van der Waals surface area contributed by atoms with Crippen LogP contribution in [0.5, 0.6) is 0 Å². The van der Waals surface area contributed by atoms with Crippen molar-refractivity contribution in [3.63, 3.8) is 0 Å². The number of hydrogen-bond acceptors (Lipinski definition) is 6. The monoisotopic (exact) mass is 363 g/mol. The van der Waals surface area contributed by atoms with Crippen LogP contribution in [0.25, 0.3) is 5.69 Å². The van der Waals surface area contributed by atoms with Crippen LogP contribution in [0.15, 0.2) is 48.9 Å². The van der Waals surface area contributed by atoms with Crippen molar-refractivity contribution in [1.29, 1.82) is 0 Å². The molecule has 1 aliphatic rings. The molecule has 0 unspecified atom stereocenters. The Hall–Kier alpha value is -3.29. The maximum Gasteiger partial charge on any atom is 0.276 e. The predicted molar refractivity (Wildman–Crippen MR) is 101 cm³/mol. The van der Waals surface area contributed by atoms with Crippen LogP contribution in [0.4, 0.5) is 5.95 Å². The molecule has 138 valence electrons. The summed E-state index contributed by atoms with van der Waals surface area (Å²) in [6.45, 7) is 4.72. The summed E-state index contributed by atoms with van der Waals surface area (Å²) in [5, 5.41) is 8.18. The van der Waals surface area contributed by atoms with E-state index in [1.807, 2.05) is 12.1 Å². The first-order valence-electron chi connectivity index (χ1n) is 9.07. The molecule has 4 rings (SSSR count). The van der Waals surface area contributed by atoms with E-state index in [4.69, 9.17) is 0 Å². The van der Waals surface area contributed by atoms with Gasteiger partial charge in [0.05, 0.1) is 11.9 Å². The molecule has 1 aromatic carbocycles. The third-order valence-corrected chi connectivity index (χ3v) is 4.72. The molecule has 0 bridgehead atoms. The zero-order chi connectivity index (χ0) is 18.6. The van der Waals surface area contributed by atoms with Crippen molar-refractivity contribution >= 4 is 11.9 Å². The Morgan fingerprint density at radius 3 is 2.41 bits per heavy atom. The maximum atomic E-state index is 12.7. The van der Waals surface area contributed by atoms with Crippen LogP contribution in [0.3, 0.4) is 0 Å². The second-order valence-corrected chi connectivity index (χ2v) is 6.40. The molecule has 1 saturated heterocycles. The molecular formula is C19H21N7O. The third-order valence-electron chi connectivity index (χ3n) is 4.72. The van der Waals surface area contributed by atoms with Crippen molar-refractivity contribution in [2.24, 2.45) is 0 Å². The smallest absolute Gasteiger partial charge is 0.276 e. The summed E-state index contributed by atoms with van der Waals surface area (Å²) in [5.41, 5.74) is 2.51. The topological polar surface area (TPSA) is 80.0 Å². The van der Waals surface area contributed by atoms with Crippen molar-refractivity contribution in [1.82, 2.24) is 29.9 Å². The first-order valence-corrected chi connectivity index (χ1v) is 9.07. The van der Waals surface area contributed by atoms with Gasteiger partial charge in [-0.05, 0) is 30.2 Å². The van der Waals surface area contributed by atoms with Crippen LogP contribution < -0.4 is 4.90 Å². The highest BCUT2D eigenvalue weighted by molar-refractivity contribution is 5.92. The van der Waals surface area contributed by atoms with Gasteiger partial charge >= 0.3 is 0 Å². The highest BCUT2D eigenvalue weighted by Gasteiger charge is 2.25. The molecule has 1 aliphatic heterocycles. The summed E-state index contributed by atoms with van der Waals surface area (Å²) < 4.78 is 1.64. The summed E-state index contributed by atoms with van der Waals surface area (Å²) in [7, 11) is 0. The lowest BCUT2D eigenvalue weighted by molar-refractivity contribution is 0.0740. The fourth-order valence-electron chi connectivity index (χ4n) is 3.10. The molecule has 0 N–H and O–H groups in total. The number of piperazine rings is 1. The molecular weight excluding hydrogens is 342 g/mol. The Morgan fingerprint density at radius 2 is 1.74 bits per heavy atom. The molecule has 0 atom stereocenters. The summed E-state index contributed by atoms with van der Waals surface area (Å²) in [6.07, 6.45) is 6.13. The number of aryl methyl sites for hydroxylation is 1. The Bertz CT molecular complexity index is 899. The summed E-state index contributed by atoms with van der Waals surface area (Å²) >= 11 is 0. The van der Waals surface area contributed by atoms with Gasteiger partial charge in [0.2, 0.25) is 5.95 Å². The Balaban J connectivity index is 1.41. The molecule has 8 nitrogen and oxygen atoms in total. The van der Waals surface area contributed by atoms with Gasteiger partial charge in [-0.15, -0.1) is 5.10 Å². The quantitative estimate of drug-likeness (QED) is 0.700. The van der Waals surface area contributed by atoms with Crippen LogP contribution in [-0.4, -0.2) is 61.9 Å². The molecule has 1 fully saturated rings. The predicted octanol–water partition coefficient (Wildman–Crippen LogP) is 1.58. The van der Waals surface area contributed by atoms with E-state index in [1.54, 1.807) is 34.2 Å². The van der Waals surface area contributed by atoms with E-state index in [2.05, 4.69) is 44.2 Å². The molecule has 0 saturated carbocycles. The van der Waals surface area contributed by atoms with E-state index >= 15 is 0 Å². The van der Waals surface area contributed by atoms with Crippen LogP contribution >= 0.6 is 0 Å². The van der Waals surface area contributed by atoms with Crippen LogP contribution in [0, 0.1) is 0 Å². The number of nitrogens with zero attached hydrogens (tertiary/aromatic N) is 7. The lowest BCUT2D eigenvalue weighted by Gasteiger charge is -2.34. The minimum atomic E-state index is -0.0972. The normalized spacial score (nSPS) is 14.4. The molecule has 2 aromatic heterocycles. The van der Waals surface area contributed by atoms with Gasteiger partial charge in [0, 0.05) is 38.6 Å². The van der Waals surface area contributed by atoms with Gasteiger partial charge in [0.25, 0.3) is 5.91 Å². The van der Waals surface area contributed by atoms with Crippen LogP contribution in [-0.2, 0) is 6.42 Å². The minimum Gasteiger partial charge on any atom is -0.337 e. The molecule has 8 heteroatoms. The molecule has 0 aliphatic carbocycles. The Morgan fingerprint density at radius 1 is 1.04 bits per heavy atom. The number of amides is 1. The standard InChI is InChI=1S/C19H21N7O/c1-2-15-4-6-16(7-5-15)26-14-17(22-23-26)18(27)24-10-12-25(13-11-24)19-20-8-3-9-21-19/h3-9,14H,2,10-13H2,1H3. The lowest BCUT2D eigenvalue weighted by atomic mass is 10.1. The van der Waals surface area contributed by atoms with E-state index < -0.39 is 0 Å². The van der Waals surface area contributed by atoms with Crippen molar-refractivity contribution in [2.45, 2.75) is 13.3 Å². The highest BCUT2D eigenvalue weighted by atomic mass is 16.2. The Kier molecular flexibility index (Phi) is 4.78. The average Bonchev–Trinajstić information content (AvgIpc) is 3.24. The fraction of sp³-hybridized carbons (Fsp3) is 0.316. The molecule has 0 radical (unpaired) electrons. The SMILES string of the molecule is CCc1ccc(-n2cc(C(=O)N3CCN(c4ncccn4)CC3)nn2)cc1. The second-order valence-electron chi connectivity index (χ2n) is 6.40. The number of anilines is 1. The third kappa shape index (κ3) is 3.64. The van der Waals surface area contributed by atoms with Crippen LogP contribution in [0.2, 0.25) is 0 Å². The first-order chi connectivity index (χ1) is 13.2. The van der Waals surface area contributed by atoms with Gasteiger partial charge in [0.15, 0.2) is 5.69 Å². The number of rotatable bonds is 4. The van der Waals surface area contributed by atoms with Gasteiger partial charge in [0.1, 0.15) is 0 Å². The number of benzene rings is 1. The molecule has 3 aromatic rings. The average molecular weight is 363 g/mol. The number of hydrogen-bond donors (Lipinski definition) is 0. The van der Waals surface area contributed by atoms with E-state index in [9.17, 15) is 4.79 Å². The molecule has 27 heavy (non-hydrogen) atoms. The summed E-state index contributed by atoms with van der Waals surface area (Å²) in [5.74, 6) is 0.603. The van der Waals surface area contributed by atoms with Gasteiger partial charge in [-0.3, -0.25) is 4.79 Å². The largest absolute Gasteiger partial charge is 0.337 e.